The van der Waals surface area contributed by atoms with E-state index in [1.807, 2.05) is 18.2 Å². The largest absolute Gasteiger partial charge is 0.496 e. The molecule has 5 nitrogen and oxygen atoms in total. The lowest BCUT2D eigenvalue weighted by molar-refractivity contribution is -0.140. The molecule has 0 aliphatic carbocycles. The molecule has 19 heavy (non-hydrogen) atoms. The number of carbonyl (C=O) groups is 1. The van der Waals surface area contributed by atoms with Gasteiger partial charge in [0.1, 0.15) is 5.75 Å². The Hall–Kier alpha value is -1.11. The lowest BCUT2D eigenvalue weighted by Gasteiger charge is -2.46. The Balaban J connectivity index is 2.31. The van der Waals surface area contributed by atoms with Crippen LogP contribution < -0.4 is 10.5 Å². The molecule has 1 aliphatic heterocycles. The van der Waals surface area contributed by atoms with E-state index in [2.05, 4.69) is 15.9 Å². The predicted molar refractivity (Wildman–Crippen MR) is 73.4 cm³/mol. The standard InChI is InChI=1S/C13H16BrNO4/c1-18-10-3-2-8(4-9(10)14)13(6-19-7-13)11(15)5-12(16)17/h2-4,11H,5-7,15H2,1H3,(H,16,17). The van der Waals surface area contributed by atoms with Crippen molar-refractivity contribution in [2.45, 2.75) is 17.9 Å². The fourth-order valence-electron chi connectivity index (χ4n) is 2.28. The minimum Gasteiger partial charge on any atom is -0.496 e. The molecular formula is C13H16BrNO4. The van der Waals surface area contributed by atoms with Crippen molar-refractivity contribution in [2.75, 3.05) is 20.3 Å². The molecule has 1 fully saturated rings. The molecule has 0 bridgehead atoms. The van der Waals surface area contributed by atoms with E-state index < -0.39 is 17.4 Å². The van der Waals surface area contributed by atoms with Crippen LogP contribution in [-0.2, 0) is 14.9 Å². The molecule has 1 atom stereocenters. The predicted octanol–water partition coefficient (Wildman–Crippen LogP) is 1.53. The maximum atomic E-state index is 10.8. The Morgan fingerprint density at radius 2 is 2.32 bits per heavy atom. The van der Waals surface area contributed by atoms with Crippen LogP contribution in [0.25, 0.3) is 0 Å². The molecule has 1 saturated heterocycles. The van der Waals surface area contributed by atoms with Gasteiger partial charge in [-0.1, -0.05) is 6.07 Å². The number of rotatable bonds is 5. The summed E-state index contributed by atoms with van der Waals surface area (Å²) in [4.78, 5) is 10.8. The molecule has 0 saturated carbocycles. The minimum absolute atomic E-state index is 0.0764. The van der Waals surface area contributed by atoms with Gasteiger partial charge in [0.2, 0.25) is 0 Å². The zero-order chi connectivity index (χ0) is 14.0. The lowest BCUT2D eigenvalue weighted by Crippen LogP contribution is -2.59. The summed E-state index contributed by atoms with van der Waals surface area (Å²) < 4.78 is 11.3. The molecule has 1 aromatic rings. The van der Waals surface area contributed by atoms with Crippen LogP contribution in [0.4, 0.5) is 0 Å². The van der Waals surface area contributed by atoms with Crippen LogP contribution in [0.2, 0.25) is 0 Å². The highest BCUT2D eigenvalue weighted by molar-refractivity contribution is 9.10. The average molecular weight is 330 g/mol. The van der Waals surface area contributed by atoms with Crippen LogP contribution in [0.3, 0.4) is 0 Å². The summed E-state index contributed by atoms with van der Waals surface area (Å²) in [7, 11) is 1.60. The highest BCUT2D eigenvalue weighted by Crippen LogP contribution is 2.39. The molecule has 0 spiro atoms. The number of hydrogen-bond acceptors (Lipinski definition) is 4. The number of carboxylic acids is 1. The van der Waals surface area contributed by atoms with Gasteiger partial charge in [0.05, 0.1) is 36.6 Å². The first-order valence-corrected chi connectivity index (χ1v) is 6.68. The second kappa shape index (κ2) is 5.48. The maximum Gasteiger partial charge on any atom is 0.304 e. The third-order valence-electron chi connectivity index (χ3n) is 3.55. The normalized spacial score (nSPS) is 18.5. The first-order chi connectivity index (χ1) is 8.99. The molecule has 3 N–H and O–H groups in total. The Labute approximate surface area is 119 Å². The van der Waals surface area contributed by atoms with Crippen molar-refractivity contribution in [3.63, 3.8) is 0 Å². The summed E-state index contributed by atoms with van der Waals surface area (Å²) in [6.07, 6.45) is -0.0764. The van der Waals surface area contributed by atoms with E-state index in [1.54, 1.807) is 7.11 Å². The van der Waals surface area contributed by atoms with Crippen molar-refractivity contribution in [2.24, 2.45) is 5.73 Å². The minimum atomic E-state index is -0.897. The van der Waals surface area contributed by atoms with Gasteiger partial charge in [-0.3, -0.25) is 4.79 Å². The van der Waals surface area contributed by atoms with Crippen LogP contribution in [-0.4, -0.2) is 37.4 Å². The third kappa shape index (κ3) is 2.61. The van der Waals surface area contributed by atoms with E-state index in [4.69, 9.17) is 20.3 Å². The molecule has 104 valence electrons. The zero-order valence-electron chi connectivity index (χ0n) is 10.6. The van der Waals surface area contributed by atoms with Crippen molar-refractivity contribution in [3.05, 3.63) is 28.2 Å². The van der Waals surface area contributed by atoms with Gasteiger partial charge >= 0.3 is 5.97 Å². The highest BCUT2D eigenvalue weighted by Gasteiger charge is 2.46. The van der Waals surface area contributed by atoms with Gasteiger partial charge in [0.25, 0.3) is 0 Å². The van der Waals surface area contributed by atoms with Crippen molar-refractivity contribution < 1.29 is 19.4 Å². The molecule has 1 heterocycles. The Kier molecular flexibility index (Phi) is 4.13. The quantitative estimate of drug-likeness (QED) is 0.856. The molecule has 1 aliphatic rings. The summed E-state index contributed by atoms with van der Waals surface area (Å²) in [5, 5.41) is 8.90. The van der Waals surface area contributed by atoms with Crippen LogP contribution in [0, 0.1) is 0 Å². The fraction of sp³-hybridized carbons (Fsp3) is 0.462. The summed E-state index contributed by atoms with van der Waals surface area (Å²) >= 11 is 3.43. The Morgan fingerprint density at radius 1 is 1.63 bits per heavy atom. The smallest absolute Gasteiger partial charge is 0.304 e. The Morgan fingerprint density at radius 3 is 2.74 bits per heavy atom. The van der Waals surface area contributed by atoms with E-state index in [0.29, 0.717) is 13.2 Å². The van der Waals surface area contributed by atoms with E-state index in [1.165, 1.54) is 0 Å². The summed E-state index contributed by atoms with van der Waals surface area (Å²) in [6.45, 7) is 0.889. The molecule has 1 aromatic carbocycles. The first-order valence-electron chi connectivity index (χ1n) is 5.89. The van der Waals surface area contributed by atoms with Gasteiger partial charge in [0, 0.05) is 6.04 Å². The van der Waals surface area contributed by atoms with E-state index in [9.17, 15) is 4.79 Å². The van der Waals surface area contributed by atoms with Crippen molar-refractivity contribution in [1.29, 1.82) is 0 Å². The number of nitrogens with two attached hydrogens (primary N) is 1. The first kappa shape index (κ1) is 14.3. The molecule has 6 heteroatoms. The molecular weight excluding hydrogens is 314 g/mol. The SMILES string of the molecule is COc1ccc(C2(C(N)CC(=O)O)COC2)cc1Br. The lowest BCUT2D eigenvalue weighted by atomic mass is 9.71. The van der Waals surface area contributed by atoms with Crippen LogP contribution in [0.15, 0.2) is 22.7 Å². The number of carboxylic acid groups (broad SMARTS) is 1. The van der Waals surface area contributed by atoms with Crippen molar-refractivity contribution >= 4 is 21.9 Å². The van der Waals surface area contributed by atoms with Crippen LogP contribution in [0.1, 0.15) is 12.0 Å². The van der Waals surface area contributed by atoms with Gasteiger partial charge in [-0.05, 0) is 33.6 Å². The van der Waals surface area contributed by atoms with Gasteiger partial charge in [0.15, 0.2) is 0 Å². The summed E-state index contributed by atoms with van der Waals surface area (Å²) in [6, 6.07) is 5.20. The third-order valence-corrected chi connectivity index (χ3v) is 4.17. The maximum absolute atomic E-state index is 10.8. The van der Waals surface area contributed by atoms with Gasteiger partial charge in [-0.15, -0.1) is 0 Å². The summed E-state index contributed by atoms with van der Waals surface area (Å²) in [5.41, 5.74) is 6.61. The molecule has 0 amide bonds. The van der Waals surface area contributed by atoms with E-state index in [-0.39, 0.29) is 6.42 Å². The van der Waals surface area contributed by atoms with Crippen LogP contribution >= 0.6 is 15.9 Å². The van der Waals surface area contributed by atoms with E-state index >= 15 is 0 Å². The second-order valence-electron chi connectivity index (χ2n) is 4.70. The average Bonchev–Trinajstić information content (AvgIpc) is 2.26. The monoisotopic (exact) mass is 329 g/mol. The molecule has 1 unspecified atom stereocenters. The highest BCUT2D eigenvalue weighted by atomic mass is 79.9. The van der Waals surface area contributed by atoms with E-state index in [0.717, 1.165) is 15.8 Å². The zero-order valence-corrected chi connectivity index (χ0v) is 12.1. The molecule has 0 aromatic heterocycles. The number of ether oxygens (including phenoxy) is 2. The summed E-state index contributed by atoms with van der Waals surface area (Å²) in [5.74, 6) is -0.169. The fourth-order valence-corrected chi connectivity index (χ4v) is 2.82. The van der Waals surface area contributed by atoms with Crippen LogP contribution in [0.5, 0.6) is 5.75 Å². The van der Waals surface area contributed by atoms with Gasteiger partial charge in [-0.25, -0.2) is 0 Å². The molecule has 0 radical (unpaired) electrons. The number of halogens is 1. The second-order valence-corrected chi connectivity index (χ2v) is 5.56. The number of aliphatic carboxylic acids is 1. The molecule has 2 rings (SSSR count). The Bertz CT molecular complexity index is 488. The van der Waals surface area contributed by atoms with Gasteiger partial charge in [-0.2, -0.15) is 0 Å². The van der Waals surface area contributed by atoms with Crippen molar-refractivity contribution in [1.82, 2.24) is 0 Å². The number of benzene rings is 1. The van der Waals surface area contributed by atoms with Crippen molar-refractivity contribution in [3.8, 4) is 5.75 Å². The van der Waals surface area contributed by atoms with Gasteiger partial charge < -0.3 is 20.3 Å². The topological polar surface area (TPSA) is 81.8 Å². The number of methoxy groups -OCH3 is 1. The number of hydrogen-bond donors (Lipinski definition) is 2.